The smallest absolute Gasteiger partial charge is 0.321 e. The van der Waals surface area contributed by atoms with Gasteiger partial charge in [-0.2, -0.15) is 0 Å². The fraction of sp³-hybridized carbons (Fsp3) is 0.333. The van der Waals surface area contributed by atoms with Crippen molar-refractivity contribution < 1.29 is 18.0 Å². The number of carbonyl (C=O) groups excluding carboxylic acids is 2. The van der Waals surface area contributed by atoms with E-state index >= 15 is 0 Å². The quantitative estimate of drug-likeness (QED) is 0.761. The van der Waals surface area contributed by atoms with E-state index < -0.39 is 10.0 Å². The lowest BCUT2D eigenvalue weighted by Gasteiger charge is -2.32. The van der Waals surface area contributed by atoms with Crippen molar-refractivity contribution in [2.24, 2.45) is 0 Å². The number of amides is 3. The van der Waals surface area contributed by atoms with Crippen LogP contribution in [0, 0.1) is 0 Å². The zero-order valence-electron chi connectivity index (χ0n) is 17.0. The summed E-state index contributed by atoms with van der Waals surface area (Å²) in [5.74, 6) is -0.254. The fourth-order valence-corrected chi connectivity index (χ4v) is 4.11. The van der Waals surface area contributed by atoms with Gasteiger partial charge >= 0.3 is 6.03 Å². The molecule has 2 N–H and O–H groups in total. The molecule has 3 amide bonds. The third kappa shape index (κ3) is 5.17. The Labute approximate surface area is 176 Å². The second-order valence-electron chi connectivity index (χ2n) is 7.34. The lowest BCUT2D eigenvalue weighted by molar-refractivity contribution is 0.0919. The van der Waals surface area contributed by atoms with Crippen LogP contribution in [0.4, 0.5) is 10.5 Å². The molecule has 2 aromatic carbocycles. The van der Waals surface area contributed by atoms with Crippen LogP contribution in [0.1, 0.15) is 23.2 Å². The molecule has 1 fully saturated rings. The van der Waals surface area contributed by atoms with Gasteiger partial charge in [0.05, 0.1) is 4.90 Å². The van der Waals surface area contributed by atoms with Gasteiger partial charge in [-0.05, 0) is 49.2 Å². The summed E-state index contributed by atoms with van der Waals surface area (Å²) in [6.45, 7) is 1.09. The van der Waals surface area contributed by atoms with Crippen LogP contribution in [0.5, 0.6) is 0 Å². The van der Waals surface area contributed by atoms with Crippen LogP contribution in [0.15, 0.2) is 59.5 Å². The molecule has 8 nitrogen and oxygen atoms in total. The topological polar surface area (TPSA) is 98.8 Å². The number of nitrogens with one attached hydrogen (secondary N) is 2. The molecule has 1 saturated heterocycles. The summed E-state index contributed by atoms with van der Waals surface area (Å²) in [5.41, 5.74) is 1.15. The summed E-state index contributed by atoms with van der Waals surface area (Å²) < 4.78 is 25.4. The number of sulfonamides is 1. The van der Waals surface area contributed by atoms with Gasteiger partial charge in [0.2, 0.25) is 10.0 Å². The lowest BCUT2D eigenvalue weighted by atomic mass is 10.0. The Morgan fingerprint density at radius 3 is 2.13 bits per heavy atom. The van der Waals surface area contributed by atoms with Gasteiger partial charge in [0.15, 0.2) is 0 Å². The molecule has 0 spiro atoms. The summed E-state index contributed by atoms with van der Waals surface area (Å²) in [7, 11) is -0.604. The van der Waals surface area contributed by atoms with Gasteiger partial charge in [-0.3, -0.25) is 4.79 Å². The maximum absolute atomic E-state index is 12.5. The molecular weight excluding hydrogens is 404 g/mol. The van der Waals surface area contributed by atoms with Gasteiger partial charge in [-0.15, -0.1) is 0 Å². The van der Waals surface area contributed by atoms with Gasteiger partial charge in [0, 0.05) is 44.5 Å². The minimum absolute atomic E-state index is 0.0385. The minimum atomic E-state index is -3.53. The maximum Gasteiger partial charge on any atom is 0.321 e. The van der Waals surface area contributed by atoms with Crippen molar-refractivity contribution in [3.05, 3.63) is 60.2 Å². The van der Waals surface area contributed by atoms with Crippen LogP contribution in [-0.2, 0) is 10.0 Å². The normalized spacial score (nSPS) is 15.1. The van der Waals surface area contributed by atoms with Crippen LogP contribution in [0.25, 0.3) is 0 Å². The Morgan fingerprint density at radius 2 is 1.57 bits per heavy atom. The van der Waals surface area contributed by atoms with E-state index in [0.717, 1.165) is 9.99 Å². The van der Waals surface area contributed by atoms with Crippen LogP contribution >= 0.6 is 0 Å². The number of piperidine rings is 1. The van der Waals surface area contributed by atoms with Gasteiger partial charge in [0.1, 0.15) is 0 Å². The second kappa shape index (κ2) is 9.27. The van der Waals surface area contributed by atoms with Crippen LogP contribution in [0.3, 0.4) is 0 Å². The molecule has 2 aromatic rings. The Hall–Kier alpha value is -2.91. The first-order valence-electron chi connectivity index (χ1n) is 9.72. The molecule has 0 aliphatic carbocycles. The van der Waals surface area contributed by atoms with Crippen molar-refractivity contribution in [3.8, 4) is 0 Å². The van der Waals surface area contributed by atoms with Crippen molar-refractivity contribution in [1.29, 1.82) is 0 Å². The van der Waals surface area contributed by atoms with E-state index in [0.29, 0.717) is 31.5 Å². The molecule has 30 heavy (non-hydrogen) atoms. The highest BCUT2D eigenvalue weighted by atomic mass is 32.2. The summed E-state index contributed by atoms with van der Waals surface area (Å²) >= 11 is 0. The van der Waals surface area contributed by atoms with E-state index in [-0.39, 0.29) is 22.9 Å². The first-order valence-corrected chi connectivity index (χ1v) is 11.2. The predicted molar refractivity (Wildman–Crippen MR) is 115 cm³/mol. The van der Waals surface area contributed by atoms with Crippen LogP contribution < -0.4 is 10.6 Å². The Bertz CT molecular complexity index is 983. The third-order valence-electron chi connectivity index (χ3n) is 5.04. The Balaban J connectivity index is 1.51. The molecule has 0 saturated carbocycles. The van der Waals surface area contributed by atoms with E-state index in [1.54, 1.807) is 4.90 Å². The zero-order valence-corrected chi connectivity index (χ0v) is 17.9. The van der Waals surface area contributed by atoms with Crippen molar-refractivity contribution in [1.82, 2.24) is 14.5 Å². The molecule has 0 unspecified atom stereocenters. The van der Waals surface area contributed by atoms with Gasteiger partial charge < -0.3 is 15.5 Å². The molecule has 0 atom stereocenters. The van der Waals surface area contributed by atoms with Crippen LogP contribution in [0.2, 0.25) is 0 Å². The van der Waals surface area contributed by atoms with E-state index in [1.807, 2.05) is 30.3 Å². The standard InChI is InChI=1S/C21H26N4O4S/c1-24(2)30(28,29)19-10-8-16(9-11-19)20(26)22-18-12-14-25(15-13-18)21(27)23-17-6-4-3-5-7-17/h3-11,18H,12-15H2,1-2H3,(H,22,26)(H,23,27). The SMILES string of the molecule is CN(C)S(=O)(=O)c1ccc(C(=O)NC2CCN(C(=O)Nc3ccccc3)CC2)cc1. The monoisotopic (exact) mass is 430 g/mol. The summed E-state index contributed by atoms with van der Waals surface area (Å²) in [4.78, 5) is 26.7. The number of likely N-dealkylation sites (tertiary alicyclic amines) is 1. The van der Waals surface area contributed by atoms with E-state index in [4.69, 9.17) is 0 Å². The summed E-state index contributed by atoms with van der Waals surface area (Å²) in [6, 6.07) is 15.0. The molecule has 1 aliphatic rings. The maximum atomic E-state index is 12.5. The lowest BCUT2D eigenvalue weighted by Crippen LogP contribution is -2.47. The van der Waals surface area contributed by atoms with Gasteiger partial charge in [-0.1, -0.05) is 18.2 Å². The molecule has 160 valence electrons. The van der Waals surface area contributed by atoms with Gasteiger partial charge in [-0.25, -0.2) is 17.5 Å². The average Bonchev–Trinajstić information content (AvgIpc) is 2.75. The number of anilines is 1. The van der Waals surface area contributed by atoms with Gasteiger partial charge in [0.25, 0.3) is 5.91 Å². The number of para-hydroxylation sites is 1. The van der Waals surface area contributed by atoms with E-state index in [2.05, 4.69) is 10.6 Å². The summed E-state index contributed by atoms with van der Waals surface area (Å²) in [6.07, 6.45) is 1.31. The molecule has 0 aromatic heterocycles. The Morgan fingerprint density at radius 1 is 0.967 bits per heavy atom. The number of carbonyl (C=O) groups is 2. The largest absolute Gasteiger partial charge is 0.349 e. The van der Waals surface area contributed by atoms with Crippen molar-refractivity contribution in [2.75, 3.05) is 32.5 Å². The first kappa shape index (κ1) is 21.8. The minimum Gasteiger partial charge on any atom is -0.349 e. The molecule has 0 bridgehead atoms. The van der Waals surface area contributed by atoms with Crippen molar-refractivity contribution in [3.63, 3.8) is 0 Å². The first-order chi connectivity index (χ1) is 14.3. The highest BCUT2D eigenvalue weighted by Gasteiger charge is 2.24. The molecule has 0 radical (unpaired) electrons. The molecule has 3 rings (SSSR count). The number of urea groups is 1. The number of nitrogens with zero attached hydrogens (tertiary/aromatic N) is 2. The van der Waals surface area contributed by atoms with Crippen molar-refractivity contribution in [2.45, 2.75) is 23.8 Å². The number of rotatable bonds is 5. The number of hydrogen-bond donors (Lipinski definition) is 2. The third-order valence-corrected chi connectivity index (χ3v) is 6.87. The molecular formula is C21H26N4O4S. The Kier molecular flexibility index (Phi) is 6.73. The molecule has 1 heterocycles. The highest BCUT2D eigenvalue weighted by Crippen LogP contribution is 2.16. The number of hydrogen-bond acceptors (Lipinski definition) is 4. The van der Waals surface area contributed by atoms with E-state index in [1.165, 1.54) is 38.4 Å². The molecule has 9 heteroatoms. The van der Waals surface area contributed by atoms with Crippen molar-refractivity contribution >= 4 is 27.6 Å². The average molecular weight is 431 g/mol. The molecule has 1 aliphatic heterocycles. The predicted octanol–water partition coefficient (Wildman–Crippen LogP) is 2.36. The second-order valence-corrected chi connectivity index (χ2v) is 9.49. The zero-order chi connectivity index (χ0) is 21.7. The van der Waals surface area contributed by atoms with Crippen LogP contribution in [-0.4, -0.2) is 62.8 Å². The number of benzene rings is 2. The fourth-order valence-electron chi connectivity index (χ4n) is 3.21. The highest BCUT2D eigenvalue weighted by molar-refractivity contribution is 7.89. The summed E-state index contributed by atoms with van der Waals surface area (Å²) in [5, 5.41) is 5.83. The van der Waals surface area contributed by atoms with E-state index in [9.17, 15) is 18.0 Å².